The molecule has 9 heteroatoms. The van der Waals surface area contributed by atoms with E-state index in [0.29, 0.717) is 42.2 Å². The summed E-state index contributed by atoms with van der Waals surface area (Å²) in [6.07, 6.45) is 3.44. The van der Waals surface area contributed by atoms with Crippen molar-refractivity contribution in [2.24, 2.45) is 5.73 Å². The van der Waals surface area contributed by atoms with Gasteiger partial charge < -0.3 is 11.1 Å². The molecule has 0 aliphatic heterocycles. The van der Waals surface area contributed by atoms with Crippen LogP contribution in [0.1, 0.15) is 15.9 Å². The lowest BCUT2D eigenvalue weighted by molar-refractivity contribution is 0.0955. The van der Waals surface area contributed by atoms with Crippen LogP contribution in [-0.2, 0) is 6.54 Å². The SMILES string of the molecule is NCCNC(=O)c1ccc(-c2cnc3nnn(Cc4ccc5ncccc5c4)c3n2)cc1. The molecule has 1 amide bonds. The van der Waals surface area contributed by atoms with Gasteiger partial charge in [-0.3, -0.25) is 9.78 Å². The van der Waals surface area contributed by atoms with Crippen LogP contribution < -0.4 is 11.1 Å². The third-order valence-electron chi connectivity index (χ3n) is 5.10. The third kappa shape index (κ3) is 3.88. The van der Waals surface area contributed by atoms with E-state index in [2.05, 4.69) is 31.7 Å². The Morgan fingerprint density at radius 2 is 1.94 bits per heavy atom. The molecular formula is C23H20N8O. The van der Waals surface area contributed by atoms with Gasteiger partial charge in [0.1, 0.15) is 0 Å². The molecule has 0 atom stereocenters. The van der Waals surface area contributed by atoms with Crippen molar-refractivity contribution in [3.05, 3.63) is 78.1 Å². The zero-order chi connectivity index (χ0) is 21.9. The summed E-state index contributed by atoms with van der Waals surface area (Å²) in [6, 6.07) is 17.3. The molecule has 5 aromatic rings. The summed E-state index contributed by atoms with van der Waals surface area (Å²) >= 11 is 0. The molecule has 158 valence electrons. The highest BCUT2D eigenvalue weighted by molar-refractivity contribution is 5.94. The third-order valence-corrected chi connectivity index (χ3v) is 5.10. The van der Waals surface area contributed by atoms with Crippen molar-refractivity contribution in [3.63, 3.8) is 0 Å². The van der Waals surface area contributed by atoms with Gasteiger partial charge in [-0.1, -0.05) is 29.5 Å². The van der Waals surface area contributed by atoms with Gasteiger partial charge in [-0.2, -0.15) is 0 Å². The van der Waals surface area contributed by atoms with Crippen LogP contribution in [-0.4, -0.2) is 48.9 Å². The number of benzene rings is 2. The quantitative estimate of drug-likeness (QED) is 0.428. The van der Waals surface area contributed by atoms with E-state index in [-0.39, 0.29) is 5.91 Å². The number of fused-ring (bicyclic) bond motifs is 2. The minimum atomic E-state index is -0.156. The monoisotopic (exact) mass is 424 g/mol. The summed E-state index contributed by atoms with van der Waals surface area (Å²) in [5.74, 6) is -0.156. The van der Waals surface area contributed by atoms with Crippen molar-refractivity contribution < 1.29 is 4.79 Å². The van der Waals surface area contributed by atoms with Crippen LogP contribution in [0.15, 0.2) is 67.0 Å². The molecule has 0 aliphatic rings. The van der Waals surface area contributed by atoms with Crippen LogP contribution in [0, 0.1) is 0 Å². The van der Waals surface area contributed by atoms with Crippen LogP contribution in [0.5, 0.6) is 0 Å². The largest absolute Gasteiger partial charge is 0.351 e. The van der Waals surface area contributed by atoms with Gasteiger partial charge in [0.25, 0.3) is 5.91 Å². The molecule has 3 N–H and O–H groups in total. The van der Waals surface area contributed by atoms with Gasteiger partial charge in [0, 0.05) is 35.8 Å². The van der Waals surface area contributed by atoms with Crippen molar-refractivity contribution in [1.82, 2.24) is 35.3 Å². The van der Waals surface area contributed by atoms with Gasteiger partial charge in [0.05, 0.1) is 24.0 Å². The maximum Gasteiger partial charge on any atom is 0.251 e. The molecule has 9 nitrogen and oxygen atoms in total. The van der Waals surface area contributed by atoms with Crippen molar-refractivity contribution >= 4 is 28.1 Å². The number of aromatic nitrogens is 6. The summed E-state index contributed by atoms with van der Waals surface area (Å²) in [4.78, 5) is 25.6. The smallest absolute Gasteiger partial charge is 0.251 e. The second-order valence-electron chi connectivity index (χ2n) is 7.30. The minimum absolute atomic E-state index is 0.156. The van der Waals surface area contributed by atoms with E-state index in [1.54, 1.807) is 29.2 Å². The first-order valence-corrected chi connectivity index (χ1v) is 10.2. The maximum absolute atomic E-state index is 12.1. The number of amides is 1. The second kappa shape index (κ2) is 8.48. The molecule has 2 aromatic carbocycles. The lowest BCUT2D eigenvalue weighted by Crippen LogP contribution is -2.28. The molecule has 0 saturated carbocycles. The summed E-state index contributed by atoms with van der Waals surface area (Å²) in [6.45, 7) is 1.35. The standard InChI is InChI=1S/C23H20N8O/c24-9-11-26-23(32)17-6-4-16(5-7-17)20-13-27-21-22(28-20)31(30-29-21)14-15-3-8-19-18(12-15)2-1-10-25-19/h1-8,10,12-13H,9,11,14,24H2,(H,26,32). The molecule has 0 fully saturated rings. The molecule has 0 spiro atoms. The zero-order valence-corrected chi connectivity index (χ0v) is 17.1. The highest BCUT2D eigenvalue weighted by atomic mass is 16.1. The number of hydrogen-bond donors (Lipinski definition) is 2. The van der Waals surface area contributed by atoms with Gasteiger partial charge in [-0.25, -0.2) is 14.6 Å². The number of carbonyl (C=O) groups excluding carboxylic acids is 1. The Bertz CT molecular complexity index is 1410. The Hall–Kier alpha value is -4.24. The van der Waals surface area contributed by atoms with Crippen LogP contribution in [0.3, 0.4) is 0 Å². The summed E-state index contributed by atoms with van der Waals surface area (Å²) in [5, 5.41) is 12.2. The highest BCUT2D eigenvalue weighted by Crippen LogP contribution is 2.20. The molecule has 3 heterocycles. The van der Waals surface area contributed by atoms with Gasteiger partial charge in [-0.15, -0.1) is 5.10 Å². The summed E-state index contributed by atoms with van der Waals surface area (Å²) in [7, 11) is 0. The number of pyridine rings is 1. The summed E-state index contributed by atoms with van der Waals surface area (Å²) in [5.41, 5.74) is 10.6. The van der Waals surface area contributed by atoms with Gasteiger partial charge in [-0.05, 0) is 35.9 Å². The van der Waals surface area contributed by atoms with E-state index in [1.807, 2.05) is 36.4 Å². The number of rotatable bonds is 6. The fourth-order valence-corrected chi connectivity index (χ4v) is 3.48. The topological polar surface area (TPSA) is 124 Å². The van der Waals surface area contributed by atoms with Crippen LogP contribution in [0.4, 0.5) is 0 Å². The van der Waals surface area contributed by atoms with Gasteiger partial charge >= 0.3 is 0 Å². The van der Waals surface area contributed by atoms with Crippen LogP contribution in [0.2, 0.25) is 0 Å². The Balaban J connectivity index is 1.42. The first kappa shape index (κ1) is 19.7. The van der Waals surface area contributed by atoms with Crippen LogP contribution >= 0.6 is 0 Å². The van der Waals surface area contributed by atoms with Crippen molar-refractivity contribution in [1.29, 1.82) is 0 Å². The van der Waals surface area contributed by atoms with E-state index < -0.39 is 0 Å². The number of nitrogens with two attached hydrogens (primary N) is 1. The van der Waals surface area contributed by atoms with Crippen molar-refractivity contribution in [2.75, 3.05) is 13.1 Å². The highest BCUT2D eigenvalue weighted by Gasteiger charge is 2.12. The lowest BCUT2D eigenvalue weighted by atomic mass is 10.1. The predicted molar refractivity (Wildman–Crippen MR) is 121 cm³/mol. The first-order valence-electron chi connectivity index (χ1n) is 10.2. The van der Waals surface area contributed by atoms with Crippen LogP contribution in [0.25, 0.3) is 33.5 Å². The van der Waals surface area contributed by atoms with E-state index in [1.165, 1.54) is 0 Å². The molecule has 0 saturated heterocycles. The van der Waals surface area contributed by atoms with E-state index in [0.717, 1.165) is 22.0 Å². The fourth-order valence-electron chi connectivity index (χ4n) is 3.48. The van der Waals surface area contributed by atoms with Gasteiger partial charge in [0.2, 0.25) is 5.65 Å². The molecule has 0 radical (unpaired) electrons. The first-order chi connectivity index (χ1) is 15.7. The average molecular weight is 424 g/mol. The molecule has 3 aromatic heterocycles. The second-order valence-corrected chi connectivity index (χ2v) is 7.30. The molecule has 32 heavy (non-hydrogen) atoms. The Morgan fingerprint density at radius 3 is 2.78 bits per heavy atom. The Kier molecular flexibility index (Phi) is 5.22. The average Bonchev–Trinajstić information content (AvgIpc) is 3.24. The fraction of sp³-hybridized carbons (Fsp3) is 0.130. The number of carbonyl (C=O) groups is 1. The van der Waals surface area contributed by atoms with E-state index in [4.69, 9.17) is 10.7 Å². The molecular weight excluding hydrogens is 404 g/mol. The number of nitrogens with one attached hydrogen (secondary N) is 1. The Morgan fingerprint density at radius 1 is 1.06 bits per heavy atom. The van der Waals surface area contributed by atoms with Crippen molar-refractivity contribution in [3.8, 4) is 11.3 Å². The van der Waals surface area contributed by atoms with Gasteiger partial charge in [0.15, 0.2) is 5.65 Å². The molecule has 0 aliphatic carbocycles. The number of nitrogens with zero attached hydrogens (tertiary/aromatic N) is 6. The Labute approximate surface area is 183 Å². The van der Waals surface area contributed by atoms with Crippen molar-refractivity contribution in [2.45, 2.75) is 6.54 Å². The van der Waals surface area contributed by atoms with E-state index in [9.17, 15) is 4.79 Å². The predicted octanol–water partition coefficient (Wildman–Crippen LogP) is 2.17. The number of hydrogen-bond acceptors (Lipinski definition) is 7. The minimum Gasteiger partial charge on any atom is -0.351 e. The molecule has 0 bridgehead atoms. The normalized spacial score (nSPS) is 11.2. The lowest BCUT2D eigenvalue weighted by Gasteiger charge is -2.06. The molecule has 5 rings (SSSR count). The van der Waals surface area contributed by atoms with E-state index >= 15 is 0 Å². The summed E-state index contributed by atoms with van der Waals surface area (Å²) < 4.78 is 1.73. The molecule has 0 unspecified atom stereocenters. The zero-order valence-electron chi connectivity index (χ0n) is 17.1. The maximum atomic E-state index is 12.1.